The van der Waals surface area contributed by atoms with Crippen molar-refractivity contribution in [3.63, 3.8) is 0 Å². The number of anilines is 1. The highest BCUT2D eigenvalue weighted by Crippen LogP contribution is 2.25. The minimum atomic E-state index is -0.166. The lowest BCUT2D eigenvalue weighted by molar-refractivity contribution is -0.134. The van der Waals surface area contributed by atoms with Crippen molar-refractivity contribution in [1.29, 1.82) is 0 Å². The van der Waals surface area contributed by atoms with Crippen molar-refractivity contribution in [1.82, 2.24) is 20.3 Å². The summed E-state index contributed by atoms with van der Waals surface area (Å²) < 4.78 is 2.11. The first-order chi connectivity index (χ1) is 13.5. The van der Waals surface area contributed by atoms with E-state index in [0.29, 0.717) is 6.04 Å². The molecular weight excluding hydrogens is 350 g/mol. The molecule has 28 heavy (non-hydrogen) atoms. The zero-order chi connectivity index (χ0) is 19.7. The molecule has 6 nitrogen and oxygen atoms in total. The highest BCUT2D eigenvalue weighted by Gasteiger charge is 2.35. The van der Waals surface area contributed by atoms with E-state index in [1.807, 2.05) is 24.2 Å². The van der Waals surface area contributed by atoms with Crippen LogP contribution in [0.3, 0.4) is 0 Å². The summed E-state index contributed by atoms with van der Waals surface area (Å²) in [6.45, 7) is 5.88. The van der Waals surface area contributed by atoms with E-state index in [1.165, 1.54) is 16.8 Å². The largest absolute Gasteiger partial charge is 0.381 e. The highest BCUT2D eigenvalue weighted by molar-refractivity contribution is 5.82. The molecule has 2 aromatic rings. The first-order valence-corrected chi connectivity index (χ1v) is 10.3. The summed E-state index contributed by atoms with van der Waals surface area (Å²) in [6, 6.07) is 10.9. The number of hydrogen-bond acceptors (Lipinski definition) is 4. The predicted octanol–water partition coefficient (Wildman–Crippen LogP) is 2.65. The van der Waals surface area contributed by atoms with Crippen LogP contribution in [0.4, 0.5) is 5.69 Å². The molecule has 0 bridgehead atoms. The van der Waals surface area contributed by atoms with Gasteiger partial charge in [0, 0.05) is 43.8 Å². The summed E-state index contributed by atoms with van der Waals surface area (Å²) in [4.78, 5) is 15.1. The molecule has 1 aromatic carbocycles. The number of nitrogens with zero attached hydrogens (tertiary/aromatic N) is 2. The Hall–Kier alpha value is -2.31. The lowest BCUT2D eigenvalue weighted by Gasteiger charge is -2.35. The van der Waals surface area contributed by atoms with Crippen LogP contribution in [0.2, 0.25) is 0 Å². The Morgan fingerprint density at radius 2 is 2.04 bits per heavy atom. The molecule has 1 aromatic heterocycles. The molecular formula is C22H31N5O. The topological polar surface area (TPSA) is 61.3 Å². The molecule has 2 saturated heterocycles. The van der Waals surface area contributed by atoms with Gasteiger partial charge in [0.15, 0.2) is 0 Å². The number of hydrazine groups is 1. The van der Waals surface area contributed by atoms with Crippen molar-refractivity contribution in [3.05, 3.63) is 53.3 Å². The maximum Gasteiger partial charge on any atom is 0.241 e. The SMILES string of the molecule is Cc1ccc(NC2CCCN(C(=O)C3CC(c4cccn4C)NN3)C2)cc1C. The molecule has 3 unspecified atom stereocenters. The fourth-order valence-corrected chi connectivity index (χ4v) is 4.33. The van der Waals surface area contributed by atoms with Crippen molar-refractivity contribution < 1.29 is 4.79 Å². The van der Waals surface area contributed by atoms with E-state index in [2.05, 4.69) is 58.8 Å². The normalized spacial score (nSPS) is 25.1. The van der Waals surface area contributed by atoms with Crippen LogP contribution in [0.5, 0.6) is 0 Å². The maximum absolute atomic E-state index is 13.1. The summed E-state index contributed by atoms with van der Waals surface area (Å²) >= 11 is 0. The van der Waals surface area contributed by atoms with Crippen molar-refractivity contribution >= 4 is 11.6 Å². The standard InChI is InChI=1S/C22H31N5O/c1-15-8-9-17(12-16(15)2)23-18-6-4-11-27(14-18)22(28)20-13-19(24-25-20)21-7-5-10-26(21)3/h5,7-10,12,18-20,23-25H,4,6,11,13-14H2,1-3H3. The molecule has 0 aliphatic carbocycles. The van der Waals surface area contributed by atoms with Gasteiger partial charge in [-0.25, -0.2) is 10.9 Å². The molecule has 2 aliphatic heterocycles. The maximum atomic E-state index is 13.1. The van der Waals surface area contributed by atoms with Crippen molar-refractivity contribution in [2.75, 3.05) is 18.4 Å². The van der Waals surface area contributed by atoms with Gasteiger partial charge in [0.1, 0.15) is 6.04 Å². The average molecular weight is 382 g/mol. The predicted molar refractivity (Wildman–Crippen MR) is 112 cm³/mol. The second kappa shape index (κ2) is 7.97. The van der Waals surface area contributed by atoms with Crippen molar-refractivity contribution in [2.45, 2.75) is 51.2 Å². The van der Waals surface area contributed by atoms with Gasteiger partial charge in [-0.1, -0.05) is 6.07 Å². The molecule has 3 atom stereocenters. The average Bonchev–Trinajstić information content (AvgIpc) is 3.33. The van der Waals surface area contributed by atoms with Gasteiger partial charge in [-0.2, -0.15) is 0 Å². The Kier molecular flexibility index (Phi) is 5.42. The highest BCUT2D eigenvalue weighted by atomic mass is 16.2. The molecule has 3 heterocycles. The molecule has 6 heteroatoms. The van der Waals surface area contributed by atoms with Crippen molar-refractivity contribution in [3.8, 4) is 0 Å². The molecule has 1 amide bonds. The monoisotopic (exact) mass is 381 g/mol. The van der Waals surface area contributed by atoms with Crippen LogP contribution >= 0.6 is 0 Å². The number of carbonyl (C=O) groups is 1. The van der Waals surface area contributed by atoms with E-state index in [0.717, 1.165) is 38.0 Å². The summed E-state index contributed by atoms with van der Waals surface area (Å²) in [6.07, 6.45) is 4.96. The first-order valence-electron chi connectivity index (χ1n) is 10.3. The summed E-state index contributed by atoms with van der Waals surface area (Å²) in [5.41, 5.74) is 11.5. The number of likely N-dealkylation sites (tertiary alicyclic amines) is 1. The molecule has 0 spiro atoms. The van der Waals surface area contributed by atoms with Gasteiger partial charge in [0.25, 0.3) is 0 Å². The van der Waals surface area contributed by atoms with Crippen LogP contribution in [0.1, 0.15) is 42.1 Å². The summed E-state index contributed by atoms with van der Waals surface area (Å²) in [7, 11) is 2.04. The summed E-state index contributed by atoms with van der Waals surface area (Å²) in [5.74, 6) is 0.204. The Morgan fingerprint density at radius 3 is 2.79 bits per heavy atom. The molecule has 0 saturated carbocycles. The number of benzene rings is 1. The number of amides is 1. The molecule has 0 radical (unpaired) electrons. The van der Waals surface area contributed by atoms with Gasteiger partial charge >= 0.3 is 0 Å². The molecule has 2 aliphatic rings. The van der Waals surface area contributed by atoms with Crippen LogP contribution < -0.4 is 16.2 Å². The first kappa shape index (κ1) is 19.0. The van der Waals surface area contributed by atoms with E-state index >= 15 is 0 Å². The van der Waals surface area contributed by atoms with E-state index in [-0.39, 0.29) is 18.0 Å². The number of hydrogen-bond donors (Lipinski definition) is 3. The Morgan fingerprint density at radius 1 is 1.18 bits per heavy atom. The Bertz CT molecular complexity index is 845. The fraction of sp³-hybridized carbons (Fsp3) is 0.500. The van der Waals surface area contributed by atoms with Gasteiger partial charge in [0.05, 0.1) is 6.04 Å². The lowest BCUT2D eigenvalue weighted by Crippen LogP contribution is -2.51. The molecule has 2 fully saturated rings. The van der Waals surface area contributed by atoms with E-state index in [9.17, 15) is 4.79 Å². The van der Waals surface area contributed by atoms with Crippen LogP contribution in [0.25, 0.3) is 0 Å². The number of aromatic nitrogens is 1. The number of nitrogens with one attached hydrogen (secondary N) is 3. The van der Waals surface area contributed by atoms with Crippen LogP contribution in [0.15, 0.2) is 36.5 Å². The van der Waals surface area contributed by atoms with Crippen molar-refractivity contribution in [2.24, 2.45) is 7.05 Å². The lowest BCUT2D eigenvalue weighted by atomic mass is 10.0. The van der Waals surface area contributed by atoms with Gasteiger partial charge < -0.3 is 14.8 Å². The smallest absolute Gasteiger partial charge is 0.241 e. The van der Waals surface area contributed by atoms with Gasteiger partial charge in [0.2, 0.25) is 5.91 Å². The van der Waals surface area contributed by atoms with Gasteiger partial charge in [-0.15, -0.1) is 0 Å². The molecule has 3 N–H and O–H groups in total. The Balaban J connectivity index is 1.35. The molecule has 4 rings (SSSR count). The third kappa shape index (κ3) is 3.93. The van der Waals surface area contributed by atoms with E-state index in [4.69, 9.17) is 0 Å². The minimum absolute atomic E-state index is 0.166. The van der Waals surface area contributed by atoms with Crippen LogP contribution in [0, 0.1) is 13.8 Å². The fourth-order valence-electron chi connectivity index (χ4n) is 4.33. The quantitative estimate of drug-likeness (QED) is 0.762. The zero-order valence-corrected chi connectivity index (χ0v) is 17.0. The van der Waals surface area contributed by atoms with E-state index < -0.39 is 0 Å². The second-order valence-corrected chi connectivity index (χ2v) is 8.24. The molecule has 150 valence electrons. The van der Waals surface area contributed by atoms with Gasteiger partial charge in [-0.3, -0.25) is 4.79 Å². The number of carbonyl (C=O) groups excluding carboxylic acids is 1. The number of rotatable bonds is 4. The zero-order valence-electron chi connectivity index (χ0n) is 17.0. The second-order valence-electron chi connectivity index (χ2n) is 8.24. The summed E-state index contributed by atoms with van der Waals surface area (Å²) in [5, 5.41) is 3.63. The third-order valence-electron chi connectivity index (χ3n) is 6.15. The van der Waals surface area contributed by atoms with Crippen LogP contribution in [-0.2, 0) is 11.8 Å². The third-order valence-corrected chi connectivity index (χ3v) is 6.15. The number of piperidine rings is 1. The minimum Gasteiger partial charge on any atom is -0.381 e. The Labute approximate surface area is 167 Å². The van der Waals surface area contributed by atoms with Gasteiger partial charge in [-0.05, 0) is 68.5 Å². The van der Waals surface area contributed by atoms with Crippen LogP contribution in [-0.4, -0.2) is 40.5 Å². The number of aryl methyl sites for hydroxylation is 3. The van der Waals surface area contributed by atoms with E-state index in [1.54, 1.807) is 0 Å².